The molecule has 3 nitrogen and oxygen atoms in total. The molecular weight excluding hydrogens is 693 g/mol. The maximum absolute atomic E-state index is 16.0. The molecule has 0 aliphatic heterocycles. The third-order valence-corrected chi connectivity index (χ3v) is 9.21. The molecule has 2 aromatic heterocycles. The smallest absolute Gasteiger partial charge is 0.309 e. The van der Waals surface area contributed by atoms with Gasteiger partial charge in [-0.15, -0.1) is 0 Å². The second-order valence-corrected chi connectivity index (χ2v) is 12.2. The van der Waals surface area contributed by atoms with E-state index in [9.17, 15) is 31.6 Å². The molecule has 0 saturated carbocycles. The summed E-state index contributed by atoms with van der Waals surface area (Å²) in [7, 11) is 0. The minimum atomic E-state index is -5.14. The highest BCUT2D eigenvalue weighted by atomic mass is 19.4. The Morgan fingerprint density at radius 1 is 0.462 bits per heavy atom. The predicted octanol–water partition coefficient (Wildman–Crippen LogP) is 12.5. The number of rotatable bonds is 3. The van der Waals surface area contributed by atoms with Crippen LogP contribution >= 0.6 is 0 Å². The molecule has 258 valence electrons. The third-order valence-electron chi connectivity index (χ3n) is 9.21. The van der Waals surface area contributed by atoms with Crippen molar-refractivity contribution in [3.05, 3.63) is 144 Å². The number of aromatic nitrogens is 2. The van der Waals surface area contributed by atoms with Crippen molar-refractivity contribution in [1.29, 1.82) is 5.26 Å². The molecule has 0 amide bonds. The number of hydrogen-bond donors (Lipinski definition) is 0. The Hall–Kier alpha value is -6.22. The van der Waals surface area contributed by atoms with Gasteiger partial charge in [0, 0.05) is 27.1 Å². The first-order valence-corrected chi connectivity index (χ1v) is 15.6. The fourth-order valence-electron chi connectivity index (χ4n) is 7.07. The zero-order valence-corrected chi connectivity index (χ0v) is 26.3. The summed E-state index contributed by atoms with van der Waals surface area (Å²) in [6, 6.07) is 28.5. The van der Waals surface area contributed by atoms with Gasteiger partial charge in [-0.25, -0.2) is 0 Å². The van der Waals surface area contributed by atoms with Gasteiger partial charge in [0.1, 0.15) is 5.56 Å². The van der Waals surface area contributed by atoms with Crippen LogP contribution in [0.2, 0.25) is 0 Å². The molecule has 0 aliphatic carbocycles. The average Bonchev–Trinajstić information content (AvgIpc) is 3.62. The van der Waals surface area contributed by atoms with Crippen LogP contribution in [-0.2, 0) is 18.5 Å². The second-order valence-electron chi connectivity index (χ2n) is 12.2. The second kappa shape index (κ2) is 11.4. The summed E-state index contributed by atoms with van der Waals surface area (Å²) in [5.74, 6) is 0. The summed E-state index contributed by atoms with van der Waals surface area (Å²) in [5.41, 5.74) is -3.15. The number of hydrogen-bond acceptors (Lipinski definition) is 1. The first kappa shape index (κ1) is 33.0. The summed E-state index contributed by atoms with van der Waals surface area (Å²) in [6.45, 7) is 0. The molecule has 0 fully saturated rings. The van der Waals surface area contributed by atoms with Gasteiger partial charge in [-0.3, -0.25) is 0 Å². The number of halogens is 9. The molecule has 6 aromatic carbocycles. The molecule has 2 heterocycles. The van der Waals surface area contributed by atoms with Crippen molar-refractivity contribution in [2.75, 3.05) is 0 Å². The van der Waals surface area contributed by atoms with Crippen LogP contribution in [0.5, 0.6) is 0 Å². The van der Waals surface area contributed by atoms with E-state index in [2.05, 4.69) is 0 Å². The first-order valence-electron chi connectivity index (χ1n) is 15.6. The average molecular weight is 714 g/mol. The molecule has 8 rings (SSSR count). The minimum Gasteiger partial charge on any atom is -0.309 e. The predicted molar refractivity (Wildman–Crippen MR) is 180 cm³/mol. The summed E-state index contributed by atoms with van der Waals surface area (Å²) < 4.78 is 134. The van der Waals surface area contributed by atoms with Crippen molar-refractivity contribution in [3.63, 3.8) is 0 Å². The Kier molecular flexibility index (Phi) is 7.22. The van der Waals surface area contributed by atoms with E-state index in [1.165, 1.54) is 69.8 Å². The lowest BCUT2D eigenvalue weighted by atomic mass is 9.96. The highest BCUT2D eigenvalue weighted by Crippen LogP contribution is 2.48. The molecule has 12 heteroatoms. The minimum absolute atomic E-state index is 0.0100. The van der Waals surface area contributed by atoms with Gasteiger partial charge in [0.2, 0.25) is 0 Å². The van der Waals surface area contributed by atoms with E-state index < -0.39 is 46.6 Å². The number of fused-ring (bicyclic) bond motifs is 6. The zero-order valence-electron chi connectivity index (χ0n) is 26.3. The Balaban J connectivity index is 1.58. The van der Waals surface area contributed by atoms with E-state index in [0.29, 0.717) is 0 Å². The van der Waals surface area contributed by atoms with Crippen molar-refractivity contribution < 1.29 is 39.5 Å². The van der Waals surface area contributed by atoms with E-state index in [1.54, 1.807) is 24.3 Å². The number of alkyl halides is 9. The molecule has 0 radical (unpaired) electrons. The molecule has 0 saturated heterocycles. The molecule has 52 heavy (non-hydrogen) atoms. The van der Waals surface area contributed by atoms with Crippen LogP contribution in [0.1, 0.15) is 22.3 Å². The van der Waals surface area contributed by atoms with Crippen molar-refractivity contribution in [1.82, 2.24) is 9.13 Å². The van der Waals surface area contributed by atoms with E-state index in [1.807, 2.05) is 6.07 Å². The Morgan fingerprint density at radius 3 is 1.52 bits per heavy atom. The lowest BCUT2D eigenvalue weighted by Gasteiger charge is -2.24. The number of nitrogens with zero attached hydrogens (tertiary/aromatic N) is 3. The highest BCUT2D eigenvalue weighted by Gasteiger charge is 2.41. The molecule has 0 spiro atoms. The Morgan fingerprint density at radius 2 is 0.981 bits per heavy atom. The van der Waals surface area contributed by atoms with Crippen LogP contribution in [0.25, 0.3) is 66.1 Å². The maximum Gasteiger partial charge on any atom is 0.420 e. The standard InChI is InChI=1S/C40H20F9N3/c41-38(42,43)24-12-15-33-29(19-24)27-8-1-3-10-31(27)51(33)35-17-14-26(23-7-5-6-22(18-23)21-50)37(36(35)40(47,48)49)52-32-11-4-2-9-28(32)30-20-25(39(44,45)46)13-16-34(30)52/h1-20H. The first-order chi connectivity index (χ1) is 24.7. The third kappa shape index (κ3) is 5.15. The fourth-order valence-corrected chi connectivity index (χ4v) is 7.07. The monoisotopic (exact) mass is 713 g/mol. The quantitative estimate of drug-likeness (QED) is 0.168. The van der Waals surface area contributed by atoms with Gasteiger partial charge in [0.15, 0.2) is 0 Å². The van der Waals surface area contributed by atoms with Crippen LogP contribution < -0.4 is 0 Å². The van der Waals surface area contributed by atoms with E-state index >= 15 is 13.2 Å². The normalized spacial score (nSPS) is 12.7. The van der Waals surface area contributed by atoms with Crippen LogP contribution in [0, 0.1) is 11.3 Å². The largest absolute Gasteiger partial charge is 0.420 e. The van der Waals surface area contributed by atoms with Crippen molar-refractivity contribution in [2.24, 2.45) is 0 Å². The van der Waals surface area contributed by atoms with Gasteiger partial charge in [0.05, 0.1) is 56.2 Å². The van der Waals surface area contributed by atoms with Gasteiger partial charge < -0.3 is 9.13 Å². The number of para-hydroxylation sites is 2. The summed E-state index contributed by atoms with van der Waals surface area (Å²) >= 11 is 0. The summed E-state index contributed by atoms with van der Waals surface area (Å²) in [6.07, 6.45) is -14.6. The van der Waals surface area contributed by atoms with Crippen molar-refractivity contribution in [2.45, 2.75) is 18.5 Å². The van der Waals surface area contributed by atoms with Crippen LogP contribution in [0.3, 0.4) is 0 Å². The lowest BCUT2D eigenvalue weighted by molar-refractivity contribution is -0.138. The topological polar surface area (TPSA) is 33.6 Å². The molecule has 0 atom stereocenters. The zero-order chi connectivity index (χ0) is 36.7. The molecule has 0 aliphatic rings. The van der Waals surface area contributed by atoms with E-state index in [-0.39, 0.29) is 60.3 Å². The number of benzene rings is 6. The van der Waals surface area contributed by atoms with Crippen molar-refractivity contribution in [3.8, 4) is 28.6 Å². The van der Waals surface area contributed by atoms with Crippen LogP contribution in [-0.4, -0.2) is 9.13 Å². The Bertz CT molecular complexity index is 2770. The maximum atomic E-state index is 16.0. The van der Waals surface area contributed by atoms with Gasteiger partial charge >= 0.3 is 18.5 Å². The fraction of sp³-hybridized carbons (Fsp3) is 0.0750. The van der Waals surface area contributed by atoms with Gasteiger partial charge in [0.25, 0.3) is 0 Å². The highest BCUT2D eigenvalue weighted by molar-refractivity contribution is 6.11. The molecule has 8 aromatic rings. The van der Waals surface area contributed by atoms with E-state index in [4.69, 9.17) is 0 Å². The lowest BCUT2D eigenvalue weighted by Crippen LogP contribution is -2.17. The molecule has 0 bridgehead atoms. The summed E-state index contributed by atoms with van der Waals surface area (Å²) in [4.78, 5) is 0. The molecule has 0 unspecified atom stereocenters. The van der Waals surface area contributed by atoms with E-state index in [0.717, 1.165) is 36.4 Å². The van der Waals surface area contributed by atoms with Gasteiger partial charge in [-0.1, -0.05) is 54.6 Å². The molecule has 0 N–H and O–H groups in total. The van der Waals surface area contributed by atoms with Crippen LogP contribution in [0.4, 0.5) is 39.5 Å². The van der Waals surface area contributed by atoms with Gasteiger partial charge in [-0.05, 0) is 72.3 Å². The SMILES string of the molecule is N#Cc1cccc(-c2ccc(-n3c4ccccc4c4cc(C(F)(F)F)ccc43)c(C(F)(F)F)c2-n2c3ccccc3c3cc(C(F)(F)F)ccc32)c1. The summed E-state index contributed by atoms with van der Waals surface area (Å²) in [5, 5.41) is 10.3. The molecular formula is C40H20F9N3. The van der Waals surface area contributed by atoms with Crippen LogP contribution in [0.15, 0.2) is 121 Å². The van der Waals surface area contributed by atoms with Crippen molar-refractivity contribution >= 4 is 43.6 Å². The van der Waals surface area contributed by atoms with Gasteiger partial charge in [-0.2, -0.15) is 44.8 Å². The Labute approximate surface area is 288 Å². The number of nitriles is 1.